The lowest BCUT2D eigenvalue weighted by Crippen LogP contribution is -1.91. The van der Waals surface area contributed by atoms with E-state index in [9.17, 15) is 9.18 Å². The molecule has 1 aromatic carbocycles. The van der Waals surface area contributed by atoms with Gasteiger partial charge in [0.15, 0.2) is 0 Å². The molecule has 0 aliphatic rings. The summed E-state index contributed by atoms with van der Waals surface area (Å²) in [7, 11) is 0. The third-order valence-corrected chi connectivity index (χ3v) is 1.84. The molecule has 0 saturated heterocycles. The molecule has 0 amide bonds. The second-order valence-electron chi connectivity index (χ2n) is 3.01. The van der Waals surface area contributed by atoms with Crippen molar-refractivity contribution in [2.24, 2.45) is 0 Å². The van der Waals surface area contributed by atoms with E-state index in [-0.39, 0.29) is 18.6 Å². The molecule has 0 atom stereocenters. The molecule has 0 aliphatic carbocycles. The Labute approximate surface area is 86.5 Å². The number of halogens is 1. The van der Waals surface area contributed by atoms with Crippen LogP contribution in [0.25, 0.3) is 6.08 Å². The van der Waals surface area contributed by atoms with Crippen molar-refractivity contribution in [3.63, 3.8) is 0 Å². The van der Waals surface area contributed by atoms with E-state index in [1.807, 2.05) is 0 Å². The lowest BCUT2D eigenvalue weighted by atomic mass is 10.1. The van der Waals surface area contributed by atoms with Gasteiger partial charge in [-0.1, -0.05) is 18.2 Å². The molecule has 0 aliphatic heterocycles. The quantitative estimate of drug-likeness (QED) is 0.796. The standard InChI is InChI=1S/C11H11FO3/c12-10-5-4-8(6-9(10)7-13)2-1-3-11(14)15/h1-2,4-6,13H,3,7H2,(H,14,15). The fourth-order valence-electron chi connectivity index (χ4n) is 1.12. The number of hydrogen-bond donors (Lipinski definition) is 2. The number of carboxylic acids is 1. The average Bonchev–Trinajstić information content (AvgIpc) is 2.20. The van der Waals surface area contributed by atoms with Crippen LogP contribution in [0.1, 0.15) is 17.5 Å². The molecule has 0 bridgehead atoms. The van der Waals surface area contributed by atoms with Crippen molar-refractivity contribution in [1.82, 2.24) is 0 Å². The van der Waals surface area contributed by atoms with Crippen LogP contribution in [-0.2, 0) is 11.4 Å². The minimum Gasteiger partial charge on any atom is -0.481 e. The molecule has 0 fully saturated rings. The van der Waals surface area contributed by atoms with Gasteiger partial charge in [-0.05, 0) is 17.7 Å². The van der Waals surface area contributed by atoms with Gasteiger partial charge in [0.25, 0.3) is 0 Å². The molecule has 0 unspecified atom stereocenters. The highest BCUT2D eigenvalue weighted by molar-refractivity contribution is 5.70. The first-order valence-electron chi connectivity index (χ1n) is 4.41. The molecule has 0 saturated carbocycles. The third kappa shape index (κ3) is 3.52. The van der Waals surface area contributed by atoms with E-state index in [4.69, 9.17) is 10.2 Å². The van der Waals surface area contributed by atoms with Crippen molar-refractivity contribution < 1.29 is 19.4 Å². The first-order valence-corrected chi connectivity index (χ1v) is 4.41. The van der Waals surface area contributed by atoms with Crippen LogP contribution in [0, 0.1) is 5.82 Å². The van der Waals surface area contributed by atoms with Crippen molar-refractivity contribution >= 4 is 12.0 Å². The summed E-state index contributed by atoms with van der Waals surface area (Å²) >= 11 is 0. The first-order chi connectivity index (χ1) is 7.13. The molecule has 15 heavy (non-hydrogen) atoms. The van der Waals surface area contributed by atoms with Crippen LogP contribution in [-0.4, -0.2) is 16.2 Å². The zero-order valence-electron chi connectivity index (χ0n) is 7.98. The summed E-state index contributed by atoms with van der Waals surface area (Å²) in [5, 5.41) is 17.2. The van der Waals surface area contributed by atoms with Gasteiger partial charge in [0.05, 0.1) is 13.0 Å². The maximum absolute atomic E-state index is 12.9. The van der Waals surface area contributed by atoms with Gasteiger partial charge in [-0.15, -0.1) is 0 Å². The van der Waals surface area contributed by atoms with Crippen LogP contribution in [0.4, 0.5) is 4.39 Å². The van der Waals surface area contributed by atoms with Crippen LogP contribution < -0.4 is 0 Å². The van der Waals surface area contributed by atoms with Gasteiger partial charge in [-0.2, -0.15) is 0 Å². The molecular formula is C11H11FO3. The summed E-state index contributed by atoms with van der Waals surface area (Å²) < 4.78 is 12.9. The van der Waals surface area contributed by atoms with Gasteiger partial charge in [0.1, 0.15) is 5.82 Å². The second-order valence-corrected chi connectivity index (χ2v) is 3.01. The van der Waals surface area contributed by atoms with Gasteiger partial charge < -0.3 is 10.2 Å². The van der Waals surface area contributed by atoms with Gasteiger partial charge in [-0.25, -0.2) is 4.39 Å². The number of aliphatic hydroxyl groups is 1. The zero-order valence-corrected chi connectivity index (χ0v) is 7.98. The van der Waals surface area contributed by atoms with E-state index >= 15 is 0 Å². The Balaban J connectivity index is 2.78. The predicted octanol–water partition coefficient (Wildman–Crippen LogP) is 1.81. The number of carbonyl (C=O) groups is 1. The van der Waals surface area contributed by atoms with E-state index in [1.54, 1.807) is 6.08 Å². The van der Waals surface area contributed by atoms with Crippen LogP contribution >= 0.6 is 0 Å². The minimum atomic E-state index is -0.921. The van der Waals surface area contributed by atoms with Gasteiger partial charge >= 0.3 is 5.97 Å². The Morgan fingerprint density at radius 2 is 2.20 bits per heavy atom. The Morgan fingerprint density at radius 1 is 1.47 bits per heavy atom. The molecule has 4 heteroatoms. The molecule has 2 N–H and O–H groups in total. The lowest BCUT2D eigenvalue weighted by molar-refractivity contribution is -0.135. The predicted molar refractivity (Wildman–Crippen MR) is 53.6 cm³/mol. The van der Waals surface area contributed by atoms with E-state index in [0.29, 0.717) is 5.56 Å². The molecule has 0 spiro atoms. The van der Waals surface area contributed by atoms with E-state index in [2.05, 4.69) is 0 Å². The maximum atomic E-state index is 12.9. The van der Waals surface area contributed by atoms with Crippen LogP contribution in [0.2, 0.25) is 0 Å². The highest BCUT2D eigenvalue weighted by Crippen LogP contribution is 2.12. The summed E-state index contributed by atoms with van der Waals surface area (Å²) in [5.74, 6) is -1.39. The molecule has 0 aromatic heterocycles. The Bertz CT molecular complexity index is 385. The van der Waals surface area contributed by atoms with Crippen molar-refractivity contribution in [3.8, 4) is 0 Å². The SMILES string of the molecule is O=C(O)CC=Cc1ccc(F)c(CO)c1. The van der Waals surface area contributed by atoms with E-state index < -0.39 is 11.8 Å². The fourth-order valence-corrected chi connectivity index (χ4v) is 1.12. The monoisotopic (exact) mass is 210 g/mol. The van der Waals surface area contributed by atoms with Crippen molar-refractivity contribution in [2.45, 2.75) is 13.0 Å². The second kappa shape index (κ2) is 5.26. The van der Waals surface area contributed by atoms with Gasteiger partial charge in [-0.3, -0.25) is 4.79 Å². The fraction of sp³-hybridized carbons (Fsp3) is 0.182. The summed E-state index contributed by atoms with van der Waals surface area (Å²) in [6.45, 7) is -0.369. The Kier molecular flexibility index (Phi) is 4.00. The minimum absolute atomic E-state index is 0.0775. The highest BCUT2D eigenvalue weighted by atomic mass is 19.1. The first kappa shape index (κ1) is 11.4. The average molecular weight is 210 g/mol. The number of aliphatic hydroxyl groups excluding tert-OH is 1. The van der Waals surface area contributed by atoms with Crippen molar-refractivity contribution in [1.29, 1.82) is 0 Å². The number of aliphatic carboxylic acids is 1. The Morgan fingerprint density at radius 3 is 2.80 bits per heavy atom. The summed E-state index contributed by atoms with van der Waals surface area (Å²) in [6, 6.07) is 4.24. The van der Waals surface area contributed by atoms with Crippen molar-refractivity contribution in [3.05, 3.63) is 41.2 Å². The molecular weight excluding hydrogens is 199 g/mol. The summed E-state index contributed by atoms with van der Waals surface area (Å²) in [5.41, 5.74) is 0.870. The number of rotatable bonds is 4. The number of carboxylic acid groups (broad SMARTS) is 1. The normalized spacial score (nSPS) is 10.8. The topological polar surface area (TPSA) is 57.5 Å². The Hall–Kier alpha value is -1.68. The van der Waals surface area contributed by atoms with Gasteiger partial charge in [0, 0.05) is 5.56 Å². The maximum Gasteiger partial charge on any atom is 0.307 e. The highest BCUT2D eigenvalue weighted by Gasteiger charge is 2.00. The van der Waals surface area contributed by atoms with E-state index in [0.717, 1.165) is 0 Å². The van der Waals surface area contributed by atoms with Gasteiger partial charge in [0.2, 0.25) is 0 Å². The largest absolute Gasteiger partial charge is 0.481 e. The zero-order chi connectivity index (χ0) is 11.3. The van der Waals surface area contributed by atoms with Crippen LogP contribution in [0.3, 0.4) is 0 Å². The smallest absolute Gasteiger partial charge is 0.307 e. The molecule has 1 rings (SSSR count). The third-order valence-electron chi connectivity index (χ3n) is 1.84. The van der Waals surface area contributed by atoms with E-state index in [1.165, 1.54) is 24.3 Å². The number of hydrogen-bond acceptors (Lipinski definition) is 2. The molecule has 0 heterocycles. The molecule has 1 aromatic rings. The molecule has 0 radical (unpaired) electrons. The molecule has 80 valence electrons. The number of benzene rings is 1. The van der Waals surface area contributed by atoms with Crippen molar-refractivity contribution in [2.75, 3.05) is 0 Å². The molecule has 3 nitrogen and oxygen atoms in total. The summed E-state index contributed by atoms with van der Waals surface area (Å²) in [6.07, 6.45) is 2.97. The summed E-state index contributed by atoms with van der Waals surface area (Å²) in [4.78, 5) is 10.2. The van der Waals surface area contributed by atoms with Crippen LogP contribution in [0.15, 0.2) is 24.3 Å². The lowest BCUT2D eigenvalue weighted by Gasteiger charge is -2.00. The van der Waals surface area contributed by atoms with Crippen LogP contribution in [0.5, 0.6) is 0 Å².